The zero-order chi connectivity index (χ0) is 19.6. The van der Waals surface area contributed by atoms with Crippen molar-refractivity contribution < 1.29 is 5.11 Å². The van der Waals surface area contributed by atoms with Crippen LogP contribution in [0.1, 0.15) is 75.7 Å². The van der Waals surface area contributed by atoms with Gasteiger partial charge in [0, 0.05) is 11.1 Å². The molecule has 0 spiro atoms. The molecule has 0 radical (unpaired) electrons. The Morgan fingerprint density at radius 3 is 2.11 bits per heavy atom. The topological polar surface area (TPSA) is 45.1 Å². The van der Waals surface area contributed by atoms with Crippen LogP contribution in [0, 0.1) is 0 Å². The van der Waals surface area contributed by atoms with Crippen molar-refractivity contribution in [3.05, 3.63) is 65.4 Å². The van der Waals surface area contributed by atoms with Crippen LogP contribution < -0.4 is 5.32 Å². The first-order chi connectivity index (χ1) is 12.9. The predicted molar refractivity (Wildman–Crippen MR) is 115 cm³/mol. The number of phenols is 1. The van der Waals surface area contributed by atoms with Gasteiger partial charge in [0.1, 0.15) is 11.3 Å². The van der Waals surface area contributed by atoms with Crippen molar-refractivity contribution in [2.24, 2.45) is 0 Å². The molecule has 0 aliphatic rings. The van der Waals surface area contributed by atoms with Gasteiger partial charge >= 0.3 is 0 Å². The van der Waals surface area contributed by atoms with E-state index in [0.29, 0.717) is 17.4 Å². The molecule has 2 N–H and O–H groups in total. The molecule has 0 amide bonds. The molecule has 0 bridgehead atoms. The van der Waals surface area contributed by atoms with Crippen LogP contribution in [0.2, 0.25) is 0 Å². The van der Waals surface area contributed by atoms with Crippen LogP contribution >= 0.6 is 0 Å². The number of nitrogens with one attached hydrogen (secondary N) is 1. The van der Waals surface area contributed by atoms with Crippen LogP contribution in [0.4, 0.5) is 5.69 Å². The monoisotopic (exact) mass is 362 g/mol. The first-order valence-corrected chi connectivity index (χ1v) is 9.90. The van der Waals surface area contributed by atoms with Crippen molar-refractivity contribution in [3.63, 3.8) is 0 Å². The smallest absolute Gasteiger partial charge is 0.141 e. The molecule has 1 heterocycles. The summed E-state index contributed by atoms with van der Waals surface area (Å²) in [6, 6.07) is 16.3. The summed E-state index contributed by atoms with van der Waals surface area (Å²) in [6.07, 6.45) is 0.913. The Kier molecular flexibility index (Phi) is 5.69. The molecule has 3 nitrogen and oxygen atoms in total. The summed E-state index contributed by atoms with van der Waals surface area (Å²) < 4.78 is 0. The zero-order valence-corrected chi connectivity index (χ0v) is 17.0. The lowest BCUT2D eigenvalue weighted by Crippen LogP contribution is -2.15. The van der Waals surface area contributed by atoms with Crippen LogP contribution in [0.15, 0.2) is 48.5 Å². The minimum Gasteiger partial charge on any atom is -0.506 e. The minimum absolute atomic E-state index is 0.0893. The lowest BCUT2D eigenvalue weighted by Gasteiger charge is -2.25. The van der Waals surface area contributed by atoms with Crippen LogP contribution in [-0.4, -0.2) is 10.1 Å². The summed E-state index contributed by atoms with van der Waals surface area (Å²) in [5.74, 6) is 1.12. The van der Waals surface area contributed by atoms with Gasteiger partial charge in [0.25, 0.3) is 0 Å². The van der Waals surface area contributed by atoms with E-state index < -0.39 is 0 Å². The fourth-order valence-corrected chi connectivity index (χ4v) is 3.62. The van der Waals surface area contributed by atoms with E-state index in [2.05, 4.69) is 64.2 Å². The summed E-state index contributed by atoms with van der Waals surface area (Å²) in [4.78, 5) is 4.78. The SMILES string of the molecule is CCC(Nc1c(C(C)C)cccc1C(C)C)c1ccc2cccc(O)c2n1. The van der Waals surface area contributed by atoms with Crippen molar-refractivity contribution in [2.45, 2.75) is 58.9 Å². The van der Waals surface area contributed by atoms with E-state index in [0.717, 1.165) is 17.5 Å². The standard InChI is InChI=1S/C24H30N2O/c1-6-20(21-14-13-17-9-7-12-22(27)23(17)26-21)25-24-18(15(2)3)10-8-11-19(24)16(4)5/h7-16,20,25,27H,6H2,1-5H3. The van der Waals surface area contributed by atoms with Gasteiger partial charge < -0.3 is 10.4 Å². The normalized spacial score (nSPS) is 12.7. The number of pyridine rings is 1. The molecular weight excluding hydrogens is 332 g/mol. The maximum absolute atomic E-state index is 10.2. The molecule has 1 atom stereocenters. The average molecular weight is 363 g/mol. The number of nitrogens with zero attached hydrogens (tertiary/aromatic N) is 1. The molecule has 2 aromatic carbocycles. The Balaban J connectivity index is 2.05. The van der Waals surface area contributed by atoms with Crippen LogP contribution in [-0.2, 0) is 0 Å². The Hall–Kier alpha value is -2.55. The number of aromatic nitrogens is 1. The number of hydrogen-bond acceptors (Lipinski definition) is 3. The molecule has 0 saturated carbocycles. The number of hydrogen-bond donors (Lipinski definition) is 2. The minimum atomic E-state index is 0.0893. The third-order valence-corrected chi connectivity index (χ3v) is 5.18. The molecule has 1 aromatic heterocycles. The quantitative estimate of drug-likeness (QED) is 0.510. The second-order valence-corrected chi connectivity index (χ2v) is 7.81. The highest BCUT2D eigenvalue weighted by molar-refractivity contribution is 5.84. The fourth-order valence-electron chi connectivity index (χ4n) is 3.62. The summed E-state index contributed by atoms with van der Waals surface area (Å²) >= 11 is 0. The molecule has 3 aromatic rings. The summed E-state index contributed by atoms with van der Waals surface area (Å²) in [7, 11) is 0. The first kappa shape index (κ1) is 19.2. The van der Waals surface area contributed by atoms with Crippen LogP contribution in [0.3, 0.4) is 0 Å². The third-order valence-electron chi connectivity index (χ3n) is 5.18. The molecule has 1 unspecified atom stereocenters. The van der Waals surface area contributed by atoms with E-state index in [-0.39, 0.29) is 11.8 Å². The first-order valence-electron chi connectivity index (χ1n) is 9.90. The van der Waals surface area contributed by atoms with E-state index >= 15 is 0 Å². The highest BCUT2D eigenvalue weighted by Gasteiger charge is 2.19. The van der Waals surface area contributed by atoms with Gasteiger partial charge in [0.15, 0.2) is 0 Å². The van der Waals surface area contributed by atoms with Gasteiger partial charge in [-0.05, 0) is 41.5 Å². The highest BCUT2D eigenvalue weighted by atomic mass is 16.3. The molecule has 0 saturated heterocycles. The molecular formula is C24H30N2O. The lowest BCUT2D eigenvalue weighted by molar-refractivity contribution is 0.480. The summed E-state index contributed by atoms with van der Waals surface area (Å²) in [5.41, 5.74) is 5.52. The lowest BCUT2D eigenvalue weighted by atomic mass is 9.92. The van der Waals surface area contributed by atoms with E-state index in [1.165, 1.54) is 16.8 Å². The average Bonchev–Trinajstić information content (AvgIpc) is 2.65. The number of fused-ring (bicyclic) bond motifs is 1. The van der Waals surface area contributed by atoms with Crippen molar-refractivity contribution in [1.82, 2.24) is 4.98 Å². The van der Waals surface area contributed by atoms with E-state index in [9.17, 15) is 5.11 Å². The van der Waals surface area contributed by atoms with Gasteiger partial charge in [-0.15, -0.1) is 0 Å². The Morgan fingerprint density at radius 2 is 1.52 bits per heavy atom. The van der Waals surface area contributed by atoms with Crippen molar-refractivity contribution in [3.8, 4) is 5.75 Å². The van der Waals surface area contributed by atoms with E-state index in [1.807, 2.05) is 18.2 Å². The van der Waals surface area contributed by atoms with Gasteiger partial charge in [0.2, 0.25) is 0 Å². The number of aromatic hydroxyl groups is 1. The molecule has 3 rings (SSSR count). The van der Waals surface area contributed by atoms with Gasteiger partial charge in [0.05, 0.1) is 11.7 Å². The van der Waals surface area contributed by atoms with Gasteiger partial charge in [-0.1, -0.05) is 71.0 Å². The second-order valence-electron chi connectivity index (χ2n) is 7.81. The maximum Gasteiger partial charge on any atom is 0.141 e. The van der Waals surface area contributed by atoms with Crippen LogP contribution in [0.25, 0.3) is 10.9 Å². The molecule has 3 heteroatoms. The Bertz CT molecular complexity index is 905. The Morgan fingerprint density at radius 1 is 0.889 bits per heavy atom. The van der Waals surface area contributed by atoms with Gasteiger partial charge in [-0.2, -0.15) is 0 Å². The number of rotatable bonds is 6. The van der Waals surface area contributed by atoms with E-state index in [1.54, 1.807) is 6.07 Å². The van der Waals surface area contributed by atoms with Crippen molar-refractivity contribution in [2.75, 3.05) is 5.32 Å². The van der Waals surface area contributed by atoms with Gasteiger partial charge in [-0.25, -0.2) is 4.98 Å². The maximum atomic E-state index is 10.2. The summed E-state index contributed by atoms with van der Waals surface area (Å²) in [6.45, 7) is 11.1. The fraction of sp³-hybridized carbons (Fsp3) is 0.375. The third kappa shape index (κ3) is 3.92. The summed E-state index contributed by atoms with van der Waals surface area (Å²) in [5, 5.41) is 14.9. The van der Waals surface area contributed by atoms with Crippen molar-refractivity contribution >= 4 is 16.6 Å². The van der Waals surface area contributed by atoms with Gasteiger partial charge in [-0.3, -0.25) is 0 Å². The molecule has 0 aliphatic heterocycles. The van der Waals surface area contributed by atoms with Crippen molar-refractivity contribution in [1.29, 1.82) is 0 Å². The number of para-hydroxylation sites is 2. The van der Waals surface area contributed by atoms with E-state index in [4.69, 9.17) is 4.98 Å². The van der Waals surface area contributed by atoms with Crippen LogP contribution in [0.5, 0.6) is 5.75 Å². The highest BCUT2D eigenvalue weighted by Crippen LogP contribution is 2.36. The largest absolute Gasteiger partial charge is 0.506 e. The number of anilines is 1. The molecule has 0 fully saturated rings. The second kappa shape index (κ2) is 7.99. The molecule has 27 heavy (non-hydrogen) atoms. The molecule has 142 valence electrons. The number of benzene rings is 2. The molecule has 0 aliphatic carbocycles. The predicted octanol–water partition coefficient (Wildman–Crippen LogP) is 6.75. The zero-order valence-electron chi connectivity index (χ0n) is 17.0. The number of phenolic OH excluding ortho intramolecular Hbond substituents is 1. The Labute approximate surface area is 162 Å².